The Morgan fingerprint density at radius 2 is 1.86 bits per heavy atom. The second kappa shape index (κ2) is 5.73. The van der Waals surface area contributed by atoms with E-state index < -0.39 is 0 Å². The van der Waals surface area contributed by atoms with Crippen molar-refractivity contribution in [3.05, 3.63) is 52.8 Å². The van der Waals surface area contributed by atoms with Gasteiger partial charge in [0, 0.05) is 28.9 Å². The number of nitrogens with two attached hydrogens (primary N) is 1. The zero-order chi connectivity index (χ0) is 14.8. The summed E-state index contributed by atoms with van der Waals surface area (Å²) in [6, 6.07) is 9.35. The Morgan fingerprint density at radius 3 is 2.67 bits per heavy atom. The monoisotopic (exact) mass is 319 g/mol. The number of nitrogen functional groups attached to an aromatic ring is 1. The SMILES string of the molecule is NNc1nc(Nc2cccc3cnccc23)c(Cl)cc1Cl. The Bertz CT molecular complexity index is 801. The number of anilines is 3. The van der Waals surface area contributed by atoms with Crippen molar-refractivity contribution in [1.29, 1.82) is 0 Å². The van der Waals surface area contributed by atoms with Gasteiger partial charge in [0.05, 0.1) is 10.0 Å². The summed E-state index contributed by atoms with van der Waals surface area (Å²) in [6.07, 6.45) is 3.53. The van der Waals surface area contributed by atoms with E-state index in [0.717, 1.165) is 16.5 Å². The van der Waals surface area contributed by atoms with Crippen LogP contribution in [0.25, 0.3) is 10.8 Å². The normalized spacial score (nSPS) is 10.6. The second-order valence-corrected chi connectivity index (χ2v) is 5.14. The van der Waals surface area contributed by atoms with Crippen molar-refractivity contribution in [2.75, 3.05) is 10.7 Å². The molecular weight excluding hydrogens is 309 g/mol. The first-order valence-corrected chi connectivity index (χ1v) is 6.87. The summed E-state index contributed by atoms with van der Waals surface area (Å²) >= 11 is 12.1. The van der Waals surface area contributed by atoms with Crippen molar-refractivity contribution in [2.45, 2.75) is 0 Å². The first-order valence-electron chi connectivity index (χ1n) is 6.11. The third kappa shape index (κ3) is 2.71. The quantitative estimate of drug-likeness (QED) is 0.503. The Hall–Kier alpha value is -2.08. The summed E-state index contributed by atoms with van der Waals surface area (Å²) in [5.41, 5.74) is 3.30. The molecule has 0 aliphatic carbocycles. The Morgan fingerprint density at radius 1 is 1.05 bits per heavy atom. The summed E-state index contributed by atoms with van der Waals surface area (Å²) in [4.78, 5) is 8.37. The van der Waals surface area contributed by atoms with Crippen LogP contribution < -0.4 is 16.6 Å². The minimum Gasteiger partial charge on any atom is -0.338 e. The van der Waals surface area contributed by atoms with Crippen LogP contribution in [-0.4, -0.2) is 9.97 Å². The number of hydrogen-bond donors (Lipinski definition) is 3. The molecule has 2 aromatic heterocycles. The lowest BCUT2D eigenvalue weighted by Crippen LogP contribution is -2.10. The second-order valence-electron chi connectivity index (χ2n) is 4.32. The van der Waals surface area contributed by atoms with E-state index in [2.05, 4.69) is 20.7 Å². The van der Waals surface area contributed by atoms with Crippen LogP contribution in [0.2, 0.25) is 10.0 Å². The fourth-order valence-electron chi connectivity index (χ4n) is 2.01. The minimum atomic E-state index is 0.352. The van der Waals surface area contributed by atoms with Crippen molar-refractivity contribution in [2.24, 2.45) is 5.84 Å². The van der Waals surface area contributed by atoms with Gasteiger partial charge in [-0.15, -0.1) is 0 Å². The number of nitrogens with one attached hydrogen (secondary N) is 2. The van der Waals surface area contributed by atoms with Gasteiger partial charge >= 0.3 is 0 Å². The molecule has 0 bridgehead atoms. The van der Waals surface area contributed by atoms with Crippen LogP contribution in [0.4, 0.5) is 17.3 Å². The van der Waals surface area contributed by atoms with Crippen molar-refractivity contribution in [3.8, 4) is 0 Å². The first-order chi connectivity index (χ1) is 10.2. The third-order valence-corrected chi connectivity index (χ3v) is 3.58. The molecule has 0 saturated carbocycles. The minimum absolute atomic E-state index is 0.352. The molecule has 0 spiro atoms. The van der Waals surface area contributed by atoms with Gasteiger partial charge in [0.25, 0.3) is 0 Å². The molecule has 5 nitrogen and oxygen atoms in total. The van der Waals surface area contributed by atoms with E-state index in [9.17, 15) is 0 Å². The highest BCUT2D eigenvalue weighted by molar-refractivity contribution is 6.37. The zero-order valence-electron chi connectivity index (χ0n) is 10.8. The summed E-state index contributed by atoms with van der Waals surface area (Å²) in [6.45, 7) is 0. The fraction of sp³-hybridized carbons (Fsp3) is 0. The number of nitrogens with zero attached hydrogens (tertiary/aromatic N) is 2. The van der Waals surface area contributed by atoms with Crippen molar-refractivity contribution in [1.82, 2.24) is 9.97 Å². The predicted octanol–water partition coefficient (Wildman–Crippen LogP) is 3.97. The number of benzene rings is 1. The Labute approximate surface area is 131 Å². The summed E-state index contributed by atoms with van der Waals surface area (Å²) in [7, 11) is 0. The largest absolute Gasteiger partial charge is 0.338 e. The molecule has 4 N–H and O–H groups in total. The molecule has 0 saturated heterocycles. The molecule has 3 rings (SSSR count). The smallest absolute Gasteiger partial charge is 0.161 e. The van der Waals surface area contributed by atoms with Crippen LogP contribution in [0, 0.1) is 0 Å². The van der Waals surface area contributed by atoms with Gasteiger partial charge in [-0.05, 0) is 18.2 Å². The highest BCUT2D eigenvalue weighted by atomic mass is 35.5. The highest BCUT2D eigenvalue weighted by Gasteiger charge is 2.10. The molecule has 0 amide bonds. The number of halogens is 2. The van der Waals surface area contributed by atoms with Crippen molar-refractivity contribution >= 4 is 51.3 Å². The van der Waals surface area contributed by atoms with Crippen LogP contribution >= 0.6 is 23.2 Å². The molecule has 106 valence electrons. The topological polar surface area (TPSA) is 75.9 Å². The van der Waals surface area contributed by atoms with E-state index in [1.807, 2.05) is 24.3 Å². The third-order valence-electron chi connectivity index (χ3n) is 3.00. The van der Waals surface area contributed by atoms with Gasteiger partial charge in [-0.25, -0.2) is 10.8 Å². The van der Waals surface area contributed by atoms with E-state index in [1.165, 1.54) is 0 Å². The van der Waals surface area contributed by atoms with Gasteiger partial charge in [-0.1, -0.05) is 35.3 Å². The van der Waals surface area contributed by atoms with E-state index >= 15 is 0 Å². The van der Waals surface area contributed by atoms with Gasteiger partial charge in [-0.3, -0.25) is 4.98 Å². The average molecular weight is 320 g/mol. The van der Waals surface area contributed by atoms with Gasteiger partial charge in [0.2, 0.25) is 0 Å². The van der Waals surface area contributed by atoms with Crippen LogP contribution in [0.1, 0.15) is 0 Å². The number of rotatable bonds is 3. The molecule has 3 aromatic rings. The summed E-state index contributed by atoms with van der Waals surface area (Å²) in [5, 5.41) is 5.99. The lowest BCUT2D eigenvalue weighted by Gasteiger charge is -2.12. The fourth-order valence-corrected chi connectivity index (χ4v) is 2.47. The zero-order valence-corrected chi connectivity index (χ0v) is 12.3. The predicted molar refractivity (Wildman–Crippen MR) is 87.1 cm³/mol. The highest BCUT2D eigenvalue weighted by Crippen LogP contribution is 2.32. The van der Waals surface area contributed by atoms with E-state index in [4.69, 9.17) is 29.0 Å². The summed E-state index contributed by atoms with van der Waals surface area (Å²) < 4.78 is 0. The molecule has 2 heterocycles. The number of fused-ring (bicyclic) bond motifs is 1. The molecule has 0 atom stereocenters. The lowest BCUT2D eigenvalue weighted by molar-refractivity contribution is 1.23. The number of aromatic nitrogens is 2. The van der Waals surface area contributed by atoms with Crippen molar-refractivity contribution in [3.63, 3.8) is 0 Å². The molecule has 0 aliphatic rings. The van der Waals surface area contributed by atoms with Gasteiger partial charge < -0.3 is 10.7 Å². The molecule has 1 aromatic carbocycles. The van der Waals surface area contributed by atoms with Gasteiger partial charge in [0.15, 0.2) is 11.6 Å². The van der Waals surface area contributed by atoms with Crippen LogP contribution in [0.15, 0.2) is 42.7 Å². The van der Waals surface area contributed by atoms with E-state index in [0.29, 0.717) is 21.7 Å². The molecule has 21 heavy (non-hydrogen) atoms. The molecule has 0 radical (unpaired) electrons. The standard InChI is InChI=1S/C14H11Cl2N5/c15-10-6-11(16)14(21-17)20-13(10)19-12-3-1-2-8-7-18-5-4-9(8)12/h1-7H,17H2,(H2,19,20,21). The summed E-state index contributed by atoms with van der Waals surface area (Å²) in [5.74, 6) is 6.20. The van der Waals surface area contributed by atoms with Crippen LogP contribution in [0.5, 0.6) is 0 Å². The first kappa shape index (κ1) is 13.9. The van der Waals surface area contributed by atoms with E-state index in [-0.39, 0.29) is 0 Å². The number of hydrogen-bond acceptors (Lipinski definition) is 5. The number of pyridine rings is 2. The lowest BCUT2D eigenvalue weighted by atomic mass is 10.1. The Balaban J connectivity index is 2.07. The molecule has 0 aliphatic heterocycles. The molecule has 0 unspecified atom stereocenters. The van der Waals surface area contributed by atoms with Crippen LogP contribution in [0.3, 0.4) is 0 Å². The number of hydrazine groups is 1. The van der Waals surface area contributed by atoms with Crippen LogP contribution in [-0.2, 0) is 0 Å². The van der Waals surface area contributed by atoms with E-state index in [1.54, 1.807) is 18.5 Å². The molecular formula is C14H11Cl2N5. The van der Waals surface area contributed by atoms with Crippen molar-refractivity contribution < 1.29 is 0 Å². The maximum atomic E-state index is 6.17. The molecule has 7 heteroatoms. The van der Waals surface area contributed by atoms with Gasteiger partial charge in [-0.2, -0.15) is 0 Å². The maximum absolute atomic E-state index is 6.17. The maximum Gasteiger partial charge on any atom is 0.161 e. The Kier molecular flexibility index (Phi) is 3.79. The average Bonchev–Trinajstić information content (AvgIpc) is 2.50. The van der Waals surface area contributed by atoms with Gasteiger partial charge in [0.1, 0.15) is 0 Å². The molecule has 0 fully saturated rings.